The van der Waals surface area contributed by atoms with Crippen LogP contribution < -0.4 is 5.32 Å². The molecular weight excluding hydrogens is 210 g/mol. The van der Waals surface area contributed by atoms with Gasteiger partial charge in [-0.15, -0.1) is 0 Å². The molecule has 1 aromatic carbocycles. The van der Waals surface area contributed by atoms with Crippen LogP contribution in [0.2, 0.25) is 0 Å². The molecule has 3 nitrogen and oxygen atoms in total. The second-order valence-electron chi connectivity index (χ2n) is 3.94. The van der Waals surface area contributed by atoms with Gasteiger partial charge in [0.25, 0.3) is 0 Å². The first kappa shape index (κ1) is 11.6. The number of para-hydroxylation sites is 1. The predicted octanol–water partition coefficient (Wildman–Crippen LogP) is 2.80. The minimum absolute atomic E-state index is 0.284. The largest absolute Gasteiger partial charge is 0.298 e. The van der Waals surface area contributed by atoms with Crippen LogP contribution in [0.1, 0.15) is 24.9 Å². The van der Waals surface area contributed by atoms with Crippen molar-refractivity contribution in [2.75, 3.05) is 6.54 Å². The molecule has 1 N–H and O–H groups in total. The van der Waals surface area contributed by atoms with Gasteiger partial charge in [0.2, 0.25) is 0 Å². The maximum Gasteiger partial charge on any atom is 0.123 e. The van der Waals surface area contributed by atoms with Crippen molar-refractivity contribution < 1.29 is 0 Å². The van der Waals surface area contributed by atoms with E-state index in [4.69, 9.17) is 0 Å². The van der Waals surface area contributed by atoms with Crippen LogP contribution in [0, 0.1) is 11.3 Å². The van der Waals surface area contributed by atoms with Crippen molar-refractivity contribution in [3.8, 4) is 6.07 Å². The molecule has 0 aliphatic rings. The van der Waals surface area contributed by atoms with E-state index >= 15 is 0 Å². The van der Waals surface area contributed by atoms with Crippen LogP contribution >= 0.6 is 0 Å². The summed E-state index contributed by atoms with van der Waals surface area (Å²) in [5.41, 5.74) is 1.87. The number of hydrogen-bond donors (Lipinski definition) is 1. The lowest BCUT2D eigenvalue weighted by molar-refractivity contribution is 0.623. The quantitative estimate of drug-likeness (QED) is 0.870. The summed E-state index contributed by atoms with van der Waals surface area (Å²) < 4.78 is 0. The second kappa shape index (κ2) is 5.42. The number of nitrogens with one attached hydrogen (secondary N) is 1. The van der Waals surface area contributed by atoms with Crippen molar-refractivity contribution in [2.45, 2.75) is 19.4 Å². The number of fused-ring (bicyclic) bond motifs is 1. The summed E-state index contributed by atoms with van der Waals surface area (Å²) in [6.45, 7) is 2.92. The van der Waals surface area contributed by atoms with Crippen molar-refractivity contribution in [3.63, 3.8) is 0 Å². The number of aromatic nitrogens is 1. The molecule has 0 saturated carbocycles. The van der Waals surface area contributed by atoms with E-state index in [0.29, 0.717) is 0 Å². The molecule has 0 bridgehead atoms. The van der Waals surface area contributed by atoms with Crippen molar-refractivity contribution >= 4 is 10.9 Å². The van der Waals surface area contributed by atoms with Gasteiger partial charge in [0.05, 0.1) is 11.6 Å². The lowest BCUT2D eigenvalue weighted by Gasteiger charge is -2.12. The highest BCUT2D eigenvalue weighted by atomic mass is 14.9. The minimum Gasteiger partial charge on any atom is -0.298 e. The molecule has 1 aromatic heterocycles. The predicted molar refractivity (Wildman–Crippen MR) is 68.4 cm³/mol. The molecule has 0 amide bonds. The first-order chi connectivity index (χ1) is 8.36. The van der Waals surface area contributed by atoms with Crippen LogP contribution in [-0.4, -0.2) is 11.5 Å². The molecule has 0 saturated heterocycles. The first-order valence-electron chi connectivity index (χ1n) is 5.83. The van der Waals surface area contributed by atoms with Gasteiger partial charge in [-0.3, -0.25) is 10.3 Å². The highest BCUT2D eigenvalue weighted by Gasteiger charge is 2.12. The summed E-state index contributed by atoms with van der Waals surface area (Å²) in [6, 6.07) is 11.9. The molecule has 1 atom stereocenters. The van der Waals surface area contributed by atoms with E-state index in [0.717, 1.165) is 29.4 Å². The summed E-state index contributed by atoms with van der Waals surface area (Å²) >= 11 is 0. The van der Waals surface area contributed by atoms with E-state index in [1.807, 2.05) is 30.3 Å². The average Bonchev–Trinajstić information content (AvgIpc) is 2.40. The third kappa shape index (κ3) is 2.43. The molecule has 0 aliphatic carbocycles. The first-order valence-corrected chi connectivity index (χ1v) is 5.83. The maximum absolute atomic E-state index is 9.23. The van der Waals surface area contributed by atoms with Gasteiger partial charge in [-0.1, -0.05) is 31.2 Å². The zero-order valence-electron chi connectivity index (χ0n) is 9.85. The van der Waals surface area contributed by atoms with Gasteiger partial charge in [-0.05, 0) is 19.0 Å². The average molecular weight is 225 g/mol. The number of hydrogen-bond acceptors (Lipinski definition) is 3. The van der Waals surface area contributed by atoms with Gasteiger partial charge in [0, 0.05) is 17.1 Å². The number of rotatable bonds is 4. The van der Waals surface area contributed by atoms with E-state index in [1.54, 1.807) is 6.20 Å². The van der Waals surface area contributed by atoms with Gasteiger partial charge < -0.3 is 0 Å². The highest BCUT2D eigenvalue weighted by molar-refractivity contribution is 5.82. The lowest BCUT2D eigenvalue weighted by atomic mass is 10.0. The fourth-order valence-electron chi connectivity index (χ4n) is 1.87. The molecule has 2 aromatic rings. The Hall–Kier alpha value is -1.92. The molecule has 86 valence electrons. The summed E-state index contributed by atoms with van der Waals surface area (Å²) in [5.74, 6) is 0. The van der Waals surface area contributed by atoms with Crippen LogP contribution in [0.5, 0.6) is 0 Å². The monoisotopic (exact) mass is 225 g/mol. The Labute approximate surface area is 101 Å². The number of nitrogens with zero attached hydrogens (tertiary/aromatic N) is 2. The van der Waals surface area contributed by atoms with E-state index in [-0.39, 0.29) is 6.04 Å². The molecule has 0 fully saturated rings. The molecule has 3 heteroatoms. The zero-order valence-corrected chi connectivity index (χ0v) is 9.85. The number of pyridine rings is 1. The Morgan fingerprint density at radius 1 is 1.35 bits per heavy atom. The molecule has 0 spiro atoms. The number of benzene rings is 1. The van der Waals surface area contributed by atoms with E-state index in [1.165, 1.54) is 0 Å². The summed E-state index contributed by atoms with van der Waals surface area (Å²) in [7, 11) is 0. The third-order valence-electron chi connectivity index (χ3n) is 2.70. The molecule has 2 rings (SSSR count). The van der Waals surface area contributed by atoms with Gasteiger partial charge in [-0.25, -0.2) is 0 Å². The van der Waals surface area contributed by atoms with Crippen molar-refractivity contribution in [1.29, 1.82) is 5.26 Å². The Morgan fingerprint density at radius 2 is 2.18 bits per heavy atom. The maximum atomic E-state index is 9.23. The fourth-order valence-corrected chi connectivity index (χ4v) is 1.87. The highest BCUT2D eigenvalue weighted by Crippen LogP contribution is 2.21. The van der Waals surface area contributed by atoms with Crippen molar-refractivity contribution in [3.05, 3.63) is 42.1 Å². The minimum atomic E-state index is -0.284. The topological polar surface area (TPSA) is 48.7 Å². The Morgan fingerprint density at radius 3 is 2.94 bits per heavy atom. The Kier molecular flexibility index (Phi) is 3.69. The Bertz CT molecular complexity index is 537. The van der Waals surface area contributed by atoms with E-state index in [9.17, 15) is 5.26 Å². The molecule has 1 unspecified atom stereocenters. The smallest absolute Gasteiger partial charge is 0.123 e. The second-order valence-corrected chi connectivity index (χ2v) is 3.94. The van der Waals surface area contributed by atoms with Crippen LogP contribution in [-0.2, 0) is 0 Å². The van der Waals surface area contributed by atoms with Crippen LogP contribution in [0.3, 0.4) is 0 Å². The summed E-state index contributed by atoms with van der Waals surface area (Å²) in [4.78, 5) is 4.37. The molecule has 0 radical (unpaired) electrons. The molecule has 1 heterocycles. The lowest BCUT2D eigenvalue weighted by Crippen LogP contribution is -2.21. The van der Waals surface area contributed by atoms with Crippen molar-refractivity contribution in [1.82, 2.24) is 10.3 Å². The van der Waals surface area contributed by atoms with E-state index in [2.05, 4.69) is 23.3 Å². The van der Waals surface area contributed by atoms with Gasteiger partial charge >= 0.3 is 0 Å². The van der Waals surface area contributed by atoms with Crippen LogP contribution in [0.4, 0.5) is 0 Å². The van der Waals surface area contributed by atoms with Crippen LogP contribution in [0.25, 0.3) is 10.9 Å². The summed E-state index contributed by atoms with van der Waals surface area (Å²) in [5, 5.41) is 13.5. The number of nitriles is 1. The molecular formula is C14H15N3. The van der Waals surface area contributed by atoms with Gasteiger partial charge in [0.15, 0.2) is 0 Å². The third-order valence-corrected chi connectivity index (χ3v) is 2.70. The normalized spacial score (nSPS) is 12.2. The Balaban J connectivity index is 2.43. The molecule has 17 heavy (non-hydrogen) atoms. The SMILES string of the molecule is CCCNC(C#N)c1cccc2cccnc12. The van der Waals surface area contributed by atoms with Crippen molar-refractivity contribution in [2.24, 2.45) is 0 Å². The standard InChI is InChI=1S/C14H15N3/c1-2-8-16-13(10-15)12-7-3-5-11-6-4-9-17-14(11)12/h3-7,9,13,16H,2,8H2,1H3. The zero-order chi connectivity index (χ0) is 12.1. The fraction of sp³-hybridized carbons (Fsp3) is 0.286. The van der Waals surface area contributed by atoms with Gasteiger partial charge in [-0.2, -0.15) is 5.26 Å². The molecule has 0 aliphatic heterocycles. The van der Waals surface area contributed by atoms with E-state index < -0.39 is 0 Å². The van der Waals surface area contributed by atoms with Crippen LogP contribution in [0.15, 0.2) is 36.5 Å². The summed E-state index contributed by atoms with van der Waals surface area (Å²) in [6.07, 6.45) is 2.77. The van der Waals surface area contributed by atoms with Gasteiger partial charge in [0.1, 0.15) is 6.04 Å².